The maximum absolute atomic E-state index is 6.21. The zero-order valence-electron chi connectivity index (χ0n) is 17.9. The molecule has 0 atom stereocenters. The molecule has 2 heterocycles. The first kappa shape index (κ1) is 18.3. The Hall–Kier alpha value is -4.24. The monoisotopic (exact) mass is 418 g/mol. The van der Waals surface area contributed by atoms with Crippen LogP contribution in [0.1, 0.15) is 0 Å². The second-order valence-corrected chi connectivity index (χ2v) is 8.52. The van der Waals surface area contributed by atoms with Crippen LogP contribution in [0.25, 0.3) is 55.0 Å². The lowest BCUT2D eigenvalue weighted by atomic mass is 9.95. The molecule has 152 valence electrons. The van der Waals surface area contributed by atoms with Gasteiger partial charge in [0.1, 0.15) is 7.85 Å². The maximum atomic E-state index is 6.21. The van der Waals surface area contributed by atoms with Gasteiger partial charge in [-0.3, -0.25) is 0 Å². The van der Waals surface area contributed by atoms with Crippen molar-refractivity contribution in [1.29, 1.82) is 0 Å². The molecule has 7 aromatic rings. The SMILES string of the molecule is [B]c1ccc2c3ccccc3n(-c3ccc4c(c3)c3ccccc3n4-c3ccccc3)c2c1. The molecule has 7 rings (SSSR count). The Kier molecular flexibility index (Phi) is 3.83. The fourth-order valence-corrected chi connectivity index (χ4v) is 5.22. The van der Waals surface area contributed by atoms with Crippen LogP contribution in [0.15, 0.2) is 115 Å². The second-order valence-electron chi connectivity index (χ2n) is 8.52. The molecular weight excluding hydrogens is 399 g/mol. The van der Waals surface area contributed by atoms with Gasteiger partial charge in [0.15, 0.2) is 0 Å². The van der Waals surface area contributed by atoms with Gasteiger partial charge in [0.05, 0.1) is 22.1 Å². The normalized spacial score (nSPS) is 11.8. The van der Waals surface area contributed by atoms with Crippen molar-refractivity contribution in [2.75, 3.05) is 0 Å². The molecule has 2 aromatic heterocycles. The van der Waals surface area contributed by atoms with Crippen molar-refractivity contribution in [1.82, 2.24) is 9.13 Å². The molecule has 33 heavy (non-hydrogen) atoms. The van der Waals surface area contributed by atoms with Gasteiger partial charge in [0.2, 0.25) is 0 Å². The summed E-state index contributed by atoms with van der Waals surface area (Å²) in [6, 6.07) is 40.7. The molecule has 0 bridgehead atoms. The van der Waals surface area contributed by atoms with Gasteiger partial charge in [-0.2, -0.15) is 0 Å². The molecule has 0 aliphatic rings. The number of hydrogen-bond acceptors (Lipinski definition) is 0. The zero-order valence-corrected chi connectivity index (χ0v) is 17.9. The van der Waals surface area contributed by atoms with Gasteiger partial charge < -0.3 is 9.13 Å². The molecule has 5 aromatic carbocycles. The molecule has 0 saturated carbocycles. The Balaban J connectivity index is 1.59. The molecule has 2 radical (unpaired) electrons. The summed E-state index contributed by atoms with van der Waals surface area (Å²) in [4.78, 5) is 0. The van der Waals surface area contributed by atoms with Gasteiger partial charge in [-0.1, -0.05) is 72.2 Å². The fraction of sp³-hybridized carbons (Fsp3) is 0. The van der Waals surface area contributed by atoms with E-state index in [9.17, 15) is 0 Å². The minimum atomic E-state index is 0.772. The molecule has 0 unspecified atom stereocenters. The Bertz CT molecular complexity index is 1820. The van der Waals surface area contributed by atoms with Gasteiger partial charge in [0.25, 0.3) is 0 Å². The number of aromatic nitrogens is 2. The summed E-state index contributed by atoms with van der Waals surface area (Å²) in [7, 11) is 6.21. The van der Waals surface area contributed by atoms with E-state index in [1.165, 1.54) is 43.8 Å². The van der Waals surface area contributed by atoms with Crippen LogP contribution in [0.3, 0.4) is 0 Å². The highest BCUT2D eigenvalue weighted by atomic mass is 15.0. The number of benzene rings is 5. The first-order valence-corrected chi connectivity index (χ1v) is 11.2. The van der Waals surface area contributed by atoms with Crippen molar-refractivity contribution < 1.29 is 0 Å². The number of rotatable bonds is 2. The molecule has 2 nitrogen and oxygen atoms in total. The fourth-order valence-electron chi connectivity index (χ4n) is 5.22. The van der Waals surface area contributed by atoms with Crippen molar-refractivity contribution in [3.63, 3.8) is 0 Å². The van der Waals surface area contributed by atoms with Gasteiger partial charge >= 0.3 is 0 Å². The van der Waals surface area contributed by atoms with Gasteiger partial charge in [-0.05, 0) is 48.5 Å². The summed E-state index contributed by atoms with van der Waals surface area (Å²) >= 11 is 0. The predicted molar refractivity (Wildman–Crippen MR) is 141 cm³/mol. The average Bonchev–Trinajstić information content (AvgIpc) is 3.36. The molecule has 3 heteroatoms. The average molecular weight is 418 g/mol. The summed E-state index contributed by atoms with van der Waals surface area (Å²) in [5, 5.41) is 4.94. The molecule has 0 amide bonds. The van der Waals surface area contributed by atoms with Crippen molar-refractivity contribution in [2.24, 2.45) is 0 Å². The van der Waals surface area contributed by atoms with Crippen LogP contribution in [-0.4, -0.2) is 17.0 Å². The first-order valence-electron chi connectivity index (χ1n) is 11.2. The topological polar surface area (TPSA) is 9.86 Å². The van der Waals surface area contributed by atoms with Gasteiger partial charge in [-0.15, -0.1) is 0 Å². The van der Waals surface area contributed by atoms with E-state index in [1.807, 2.05) is 6.07 Å². The highest BCUT2D eigenvalue weighted by molar-refractivity contribution is 6.33. The molecule has 0 aliphatic carbocycles. The van der Waals surface area contributed by atoms with Crippen molar-refractivity contribution in [2.45, 2.75) is 0 Å². The van der Waals surface area contributed by atoms with Crippen LogP contribution in [-0.2, 0) is 0 Å². The Labute approximate surface area is 192 Å². The summed E-state index contributed by atoms with van der Waals surface area (Å²) in [6.07, 6.45) is 0. The van der Waals surface area contributed by atoms with Crippen molar-refractivity contribution in [3.05, 3.63) is 115 Å². The van der Waals surface area contributed by atoms with Crippen LogP contribution >= 0.6 is 0 Å². The van der Waals surface area contributed by atoms with Gasteiger partial charge in [-0.25, -0.2) is 0 Å². The van der Waals surface area contributed by atoms with E-state index < -0.39 is 0 Å². The van der Waals surface area contributed by atoms with Crippen molar-refractivity contribution in [3.8, 4) is 11.4 Å². The highest BCUT2D eigenvalue weighted by Crippen LogP contribution is 2.36. The van der Waals surface area contributed by atoms with Crippen LogP contribution < -0.4 is 5.46 Å². The number of para-hydroxylation sites is 3. The Morgan fingerprint density at radius 3 is 1.73 bits per heavy atom. The summed E-state index contributed by atoms with van der Waals surface area (Å²) in [6.45, 7) is 0. The third-order valence-corrected chi connectivity index (χ3v) is 6.63. The lowest BCUT2D eigenvalue weighted by Gasteiger charge is -2.10. The molecule has 0 aliphatic heterocycles. The third kappa shape index (κ3) is 2.63. The summed E-state index contributed by atoms with van der Waals surface area (Å²) in [5.74, 6) is 0. The Morgan fingerprint density at radius 2 is 0.970 bits per heavy atom. The second kappa shape index (κ2) is 6.88. The minimum absolute atomic E-state index is 0.772. The molecule has 0 N–H and O–H groups in total. The highest BCUT2D eigenvalue weighted by Gasteiger charge is 2.16. The first-order chi connectivity index (χ1) is 16.3. The molecule has 0 spiro atoms. The largest absolute Gasteiger partial charge is 0.309 e. The van der Waals surface area contributed by atoms with E-state index in [2.05, 4.69) is 118 Å². The zero-order chi connectivity index (χ0) is 21.9. The lowest BCUT2D eigenvalue weighted by Crippen LogP contribution is -2.02. The predicted octanol–water partition coefficient (Wildman–Crippen LogP) is 6.67. The summed E-state index contributed by atoms with van der Waals surface area (Å²) < 4.78 is 4.67. The van der Waals surface area contributed by atoms with E-state index in [1.54, 1.807) is 0 Å². The minimum Gasteiger partial charge on any atom is -0.309 e. The Morgan fingerprint density at radius 1 is 0.394 bits per heavy atom. The van der Waals surface area contributed by atoms with E-state index in [4.69, 9.17) is 7.85 Å². The molecule has 0 saturated heterocycles. The number of fused-ring (bicyclic) bond motifs is 6. The smallest absolute Gasteiger partial charge is 0.113 e. The van der Waals surface area contributed by atoms with Crippen LogP contribution in [0.2, 0.25) is 0 Å². The summed E-state index contributed by atoms with van der Waals surface area (Å²) in [5.41, 5.74) is 7.80. The quantitative estimate of drug-likeness (QED) is 0.278. The van der Waals surface area contributed by atoms with Crippen LogP contribution in [0.5, 0.6) is 0 Å². The van der Waals surface area contributed by atoms with Crippen molar-refractivity contribution >= 4 is 56.9 Å². The van der Waals surface area contributed by atoms with E-state index in [-0.39, 0.29) is 0 Å². The number of hydrogen-bond donors (Lipinski definition) is 0. The van der Waals surface area contributed by atoms with Crippen LogP contribution in [0.4, 0.5) is 0 Å². The van der Waals surface area contributed by atoms with Crippen LogP contribution in [0, 0.1) is 0 Å². The molecular formula is C30H19BN2. The lowest BCUT2D eigenvalue weighted by molar-refractivity contribution is 1.17. The van der Waals surface area contributed by atoms with E-state index in [0.717, 1.165) is 16.7 Å². The maximum Gasteiger partial charge on any atom is 0.113 e. The van der Waals surface area contributed by atoms with Gasteiger partial charge in [0, 0.05) is 32.9 Å². The number of nitrogens with zero attached hydrogens (tertiary/aromatic N) is 2. The van der Waals surface area contributed by atoms with E-state index >= 15 is 0 Å². The molecule has 0 fully saturated rings. The van der Waals surface area contributed by atoms with E-state index in [0.29, 0.717) is 0 Å². The third-order valence-electron chi connectivity index (χ3n) is 6.63. The standard InChI is InChI=1S/C30H19BN2/c31-20-14-16-25-23-10-4-6-12-27(23)33(30(25)18-20)22-15-17-29-26(19-22)24-11-5-7-13-28(24)32(29)21-8-2-1-3-9-21/h1-19H.